The first-order valence-electron chi connectivity index (χ1n) is 7.14. The predicted octanol–water partition coefficient (Wildman–Crippen LogP) is 2.09. The zero-order valence-corrected chi connectivity index (χ0v) is 12.8. The van der Waals surface area contributed by atoms with Crippen molar-refractivity contribution in [3.05, 3.63) is 58.4 Å². The average molecular weight is 313 g/mol. The molecule has 2 N–H and O–H groups in total. The van der Waals surface area contributed by atoms with Crippen molar-refractivity contribution in [2.45, 2.75) is 25.5 Å². The van der Waals surface area contributed by atoms with Crippen molar-refractivity contribution in [2.24, 2.45) is 0 Å². The molecule has 3 aromatic rings. The number of nitrogens with one attached hydrogen (secondary N) is 1. The summed E-state index contributed by atoms with van der Waals surface area (Å²) in [5.74, 6) is -0.194. The Bertz CT molecular complexity index is 867. The number of thiazole rings is 1. The lowest BCUT2D eigenvalue weighted by Gasteiger charge is -2.17. The second-order valence-corrected chi connectivity index (χ2v) is 6.40. The first kappa shape index (κ1) is 13.5. The molecule has 0 saturated heterocycles. The van der Waals surface area contributed by atoms with E-state index in [0.717, 1.165) is 16.1 Å². The van der Waals surface area contributed by atoms with E-state index in [1.54, 1.807) is 4.40 Å². The van der Waals surface area contributed by atoms with Crippen LogP contribution in [0.4, 0.5) is 0 Å². The fourth-order valence-electron chi connectivity index (χ4n) is 3.11. The number of rotatable bonds is 2. The molecule has 1 aromatic carbocycles. The third kappa shape index (κ3) is 1.95. The summed E-state index contributed by atoms with van der Waals surface area (Å²) >= 11 is 1.50. The molecule has 22 heavy (non-hydrogen) atoms. The first-order chi connectivity index (χ1) is 10.6. The summed E-state index contributed by atoms with van der Waals surface area (Å²) in [6.07, 6.45) is 1.83. The topological polar surface area (TPSA) is 66.6 Å². The molecule has 2 aromatic heterocycles. The van der Waals surface area contributed by atoms with Gasteiger partial charge in [-0.3, -0.25) is 9.20 Å². The van der Waals surface area contributed by atoms with Gasteiger partial charge in [0.25, 0.3) is 5.91 Å². The van der Waals surface area contributed by atoms with E-state index < -0.39 is 6.10 Å². The molecular weight excluding hydrogens is 298 g/mol. The minimum atomic E-state index is -0.661. The first-order valence-corrected chi connectivity index (χ1v) is 8.02. The summed E-state index contributed by atoms with van der Waals surface area (Å²) in [5.41, 5.74) is 3.23. The number of aliphatic hydroxyl groups excluding tert-OH is 1. The lowest BCUT2D eigenvalue weighted by molar-refractivity contribution is 0.0852. The highest BCUT2D eigenvalue weighted by Gasteiger charge is 2.32. The third-order valence-corrected chi connectivity index (χ3v) is 4.92. The van der Waals surface area contributed by atoms with Crippen molar-refractivity contribution in [3.8, 4) is 0 Å². The van der Waals surface area contributed by atoms with Gasteiger partial charge in [0.15, 0.2) is 4.96 Å². The smallest absolute Gasteiger partial charge is 0.270 e. The van der Waals surface area contributed by atoms with Gasteiger partial charge in [0.2, 0.25) is 0 Å². The Morgan fingerprint density at radius 3 is 3.09 bits per heavy atom. The van der Waals surface area contributed by atoms with Crippen LogP contribution < -0.4 is 5.32 Å². The van der Waals surface area contributed by atoms with Crippen molar-refractivity contribution >= 4 is 22.2 Å². The molecule has 0 aliphatic heterocycles. The Balaban J connectivity index is 1.61. The number of aliphatic hydroxyl groups is 1. The molecule has 2 heterocycles. The number of imidazole rings is 1. The fraction of sp³-hybridized carbons (Fsp3) is 0.250. The van der Waals surface area contributed by atoms with Crippen LogP contribution in [0.15, 0.2) is 35.8 Å². The number of amides is 1. The van der Waals surface area contributed by atoms with Crippen LogP contribution in [0.5, 0.6) is 0 Å². The van der Waals surface area contributed by atoms with Crippen LogP contribution in [0.1, 0.15) is 33.4 Å². The molecule has 0 unspecified atom stereocenters. The maximum Gasteiger partial charge on any atom is 0.270 e. The van der Waals surface area contributed by atoms with Gasteiger partial charge < -0.3 is 10.4 Å². The highest BCUT2D eigenvalue weighted by Crippen LogP contribution is 2.31. The van der Waals surface area contributed by atoms with E-state index in [1.807, 2.05) is 42.8 Å². The van der Waals surface area contributed by atoms with Crippen LogP contribution in [0.25, 0.3) is 4.96 Å². The summed E-state index contributed by atoms with van der Waals surface area (Å²) in [7, 11) is 0. The van der Waals surface area contributed by atoms with Gasteiger partial charge >= 0.3 is 0 Å². The summed E-state index contributed by atoms with van der Waals surface area (Å²) in [5, 5.41) is 15.3. The van der Waals surface area contributed by atoms with E-state index in [4.69, 9.17) is 0 Å². The minimum Gasteiger partial charge on any atom is -0.386 e. The standard InChI is InChI=1S/C16H15N3O2S/c1-9-13(19-6-7-22-16(19)17-9)15(21)18-12-8-10-4-2-3-5-11(10)14(12)20/h2-7,12,14,20H,8H2,1H3,(H,18,21)/t12-,14-/m1/s1. The highest BCUT2D eigenvalue weighted by molar-refractivity contribution is 7.15. The largest absolute Gasteiger partial charge is 0.386 e. The van der Waals surface area contributed by atoms with Crippen molar-refractivity contribution in [2.75, 3.05) is 0 Å². The number of benzene rings is 1. The van der Waals surface area contributed by atoms with Gasteiger partial charge in [-0.2, -0.15) is 0 Å². The van der Waals surface area contributed by atoms with Gasteiger partial charge in [-0.05, 0) is 24.5 Å². The molecule has 0 bridgehead atoms. The van der Waals surface area contributed by atoms with E-state index >= 15 is 0 Å². The molecule has 5 nitrogen and oxygen atoms in total. The van der Waals surface area contributed by atoms with E-state index in [0.29, 0.717) is 17.8 Å². The number of hydrogen-bond acceptors (Lipinski definition) is 4. The Labute approximate surface area is 131 Å². The molecule has 0 saturated carbocycles. The van der Waals surface area contributed by atoms with E-state index in [9.17, 15) is 9.90 Å². The van der Waals surface area contributed by atoms with Gasteiger partial charge in [-0.1, -0.05) is 24.3 Å². The number of aryl methyl sites for hydroxylation is 1. The van der Waals surface area contributed by atoms with Crippen molar-refractivity contribution in [3.63, 3.8) is 0 Å². The summed E-state index contributed by atoms with van der Waals surface area (Å²) in [4.78, 5) is 17.8. The number of hydrogen-bond donors (Lipinski definition) is 2. The van der Waals surface area contributed by atoms with Crippen LogP contribution >= 0.6 is 11.3 Å². The lowest BCUT2D eigenvalue weighted by atomic mass is 10.1. The van der Waals surface area contributed by atoms with E-state index in [2.05, 4.69) is 10.3 Å². The Morgan fingerprint density at radius 2 is 2.27 bits per heavy atom. The Kier molecular flexibility index (Phi) is 3.02. The second kappa shape index (κ2) is 4.93. The Hall–Kier alpha value is -2.18. The molecular formula is C16H15N3O2S. The summed E-state index contributed by atoms with van der Waals surface area (Å²) in [6.45, 7) is 1.83. The number of nitrogens with zero attached hydrogens (tertiary/aromatic N) is 2. The molecule has 6 heteroatoms. The number of carbonyl (C=O) groups excluding carboxylic acids is 1. The van der Waals surface area contributed by atoms with Crippen LogP contribution in [0.3, 0.4) is 0 Å². The molecule has 1 aliphatic carbocycles. The van der Waals surface area contributed by atoms with Gasteiger partial charge in [0.05, 0.1) is 17.8 Å². The van der Waals surface area contributed by atoms with Crippen molar-refractivity contribution < 1.29 is 9.90 Å². The second-order valence-electron chi connectivity index (χ2n) is 5.53. The predicted molar refractivity (Wildman–Crippen MR) is 84.2 cm³/mol. The number of fused-ring (bicyclic) bond motifs is 2. The molecule has 4 rings (SSSR count). The molecule has 0 spiro atoms. The molecule has 1 aliphatic rings. The quantitative estimate of drug-likeness (QED) is 0.761. The van der Waals surface area contributed by atoms with E-state index in [-0.39, 0.29) is 11.9 Å². The average Bonchev–Trinajstić information content (AvgIpc) is 3.13. The molecule has 0 fully saturated rings. The van der Waals surface area contributed by atoms with Gasteiger partial charge in [-0.25, -0.2) is 4.98 Å². The zero-order valence-electron chi connectivity index (χ0n) is 12.0. The number of aromatic nitrogens is 2. The van der Waals surface area contributed by atoms with Gasteiger partial charge in [0, 0.05) is 11.6 Å². The third-order valence-electron chi connectivity index (χ3n) is 4.16. The summed E-state index contributed by atoms with van der Waals surface area (Å²) < 4.78 is 1.80. The maximum atomic E-state index is 12.6. The molecule has 1 amide bonds. The SMILES string of the molecule is Cc1nc2sccn2c1C(=O)N[C@@H]1Cc2ccccc2[C@H]1O. The monoisotopic (exact) mass is 313 g/mol. The highest BCUT2D eigenvalue weighted by atomic mass is 32.1. The van der Waals surface area contributed by atoms with Crippen LogP contribution in [-0.2, 0) is 6.42 Å². The van der Waals surface area contributed by atoms with Gasteiger partial charge in [-0.15, -0.1) is 11.3 Å². The van der Waals surface area contributed by atoms with Crippen LogP contribution in [0.2, 0.25) is 0 Å². The fourth-order valence-corrected chi connectivity index (χ4v) is 3.87. The maximum absolute atomic E-state index is 12.6. The van der Waals surface area contributed by atoms with Crippen molar-refractivity contribution in [1.82, 2.24) is 14.7 Å². The summed E-state index contributed by atoms with van der Waals surface area (Å²) in [6, 6.07) is 7.46. The van der Waals surface area contributed by atoms with E-state index in [1.165, 1.54) is 11.3 Å². The normalized spacial score (nSPS) is 20.3. The molecule has 2 atom stereocenters. The zero-order chi connectivity index (χ0) is 15.3. The number of carbonyl (C=O) groups is 1. The molecule has 112 valence electrons. The Morgan fingerprint density at radius 1 is 1.45 bits per heavy atom. The molecule has 0 radical (unpaired) electrons. The lowest BCUT2D eigenvalue weighted by Crippen LogP contribution is -2.38. The minimum absolute atomic E-state index is 0.194. The van der Waals surface area contributed by atoms with Crippen LogP contribution in [0, 0.1) is 6.92 Å². The van der Waals surface area contributed by atoms with Crippen molar-refractivity contribution in [1.29, 1.82) is 0 Å². The van der Waals surface area contributed by atoms with Gasteiger partial charge in [0.1, 0.15) is 5.69 Å². The van der Waals surface area contributed by atoms with Crippen LogP contribution in [-0.4, -0.2) is 26.4 Å².